The molecule has 1 aliphatic rings. The highest BCUT2D eigenvalue weighted by molar-refractivity contribution is 5.80. The summed E-state index contributed by atoms with van der Waals surface area (Å²) in [5.41, 5.74) is 8.46. The summed E-state index contributed by atoms with van der Waals surface area (Å²) in [6.45, 7) is 20.5. The number of aromatic nitrogens is 6. The van der Waals surface area contributed by atoms with Crippen LogP contribution < -0.4 is 15.9 Å². The molecular formula is C37H45N7. The number of anilines is 1. The lowest BCUT2D eigenvalue weighted by atomic mass is 9.86. The summed E-state index contributed by atoms with van der Waals surface area (Å²) >= 11 is 0. The van der Waals surface area contributed by atoms with E-state index in [1.54, 1.807) is 12.3 Å². The highest BCUT2D eigenvalue weighted by Gasteiger charge is 2.17. The monoisotopic (exact) mass is 587 g/mol. The standard InChI is InChI=1S/C35H39N7.C2H6/c1-6-11-31(28-14-10-17-36-20-28)34-26(5)39-35(40-34)33-25(4)32(41-42-33)16-15-23(2)29-19-30(22-37-21-29)38-24(3)18-27-12-8-7-9-13-27;1-2/h6,10-11,14-17,19-22,27,38,41H,1,3-4,7-9,12-13,18H2,2,5H3,(H,39,40);1-2H3/b23-15+,31-11-,32-16+;. The number of hydrogen-bond acceptors (Lipinski definition) is 5. The van der Waals surface area contributed by atoms with Gasteiger partial charge in [-0.1, -0.05) is 90.0 Å². The zero-order valence-corrected chi connectivity index (χ0v) is 26.6. The summed E-state index contributed by atoms with van der Waals surface area (Å²) in [4.78, 5) is 17.0. The lowest BCUT2D eigenvalue weighted by Crippen LogP contribution is -2.21. The second-order valence-corrected chi connectivity index (χ2v) is 11.0. The van der Waals surface area contributed by atoms with Crippen molar-refractivity contribution in [3.05, 3.63) is 113 Å². The van der Waals surface area contributed by atoms with Crippen LogP contribution in [-0.4, -0.2) is 30.1 Å². The fraction of sp³-hybridized carbons (Fsp3) is 0.297. The number of rotatable bonds is 10. The molecule has 3 N–H and O–H groups in total. The molecule has 1 saturated carbocycles. The molecule has 4 aromatic heterocycles. The molecule has 44 heavy (non-hydrogen) atoms. The Labute approximate surface area is 261 Å². The van der Waals surface area contributed by atoms with E-state index in [4.69, 9.17) is 4.98 Å². The van der Waals surface area contributed by atoms with Crippen molar-refractivity contribution >= 4 is 29.5 Å². The number of nitrogens with one attached hydrogen (secondary N) is 3. The van der Waals surface area contributed by atoms with E-state index in [1.807, 2.05) is 63.6 Å². The number of aromatic amines is 2. The normalized spacial score (nSPS) is 14.6. The van der Waals surface area contributed by atoms with Crippen LogP contribution in [0.2, 0.25) is 0 Å². The van der Waals surface area contributed by atoms with E-state index in [1.165, 1.54) is 32.1 Å². The molecule has 0 atom stereocenters. The van der Waals surface area contributed by atoms with Gasteiger partial charge in [-0.15, -0.1) is 0 Å². The zero-order valence-electron chi connectivity index (χ0n) is 26.6. The van der Waals surface area contributed by atoms with Gasteiger partial charge in [0, 0.05) is 46.3 Å². The molecule has 0 bridgehead atoms. The Morgan fingerprint density at radius 2 is 1.84 bits per heavy atom. The van der Waals surface area contributed by atoms with Crippen LogP contribution in [-0.2, 0) is 0 Å². The Hall–Kier alpha value is -4.78. The number of imidazole rings is 1. The topological polar surface area (TPSA) is 95.2 Å². The highest BCUT2D eigenvalue weighted by atomic mass is 15.1. The fourth-order valence-electron chi connectivity index (χ4n) is 5.52. The van der Waals surface area contributed by atoms with Crippen LogP contribution in [0.5, 0.6) is 0 Å². The first-order chi connectivity index (χ1) is 21.4. The van der Waals surface area contributed by atoms with Gasteiger partial charge in [-0.2, -0.15) is 5.10 Å². The first-order valence-electron chi connectivity index (χ1n) is 15.6. The van der Waals surface area contributed by atoms with Crippen molar-refractivity contribution in [1.29, 1.82) is 0 Å². The molecule has 5 rings (SSSR count). The van der Waals surface area contributed by atoms with Gasteiger partial charge in [-0.05, 0) is 55.5 Å². The maximum absolute atomic E-state index is 4.89. The average molecular weight is 588 g/mol. The van der Waals surface area contributed by atoms with E-state index in [0.29, 0.717) is 11.5 Å². The quantitative estimate of drug-likeness (QED) is 0.165. The predicted molar refractivity (Wildman–Crippen MR) is 185 cm³/mol. The van der Waals surface area contributed by atoms with E-state index in [-0.39, 0.29) is 0 Å². The largest absolute Gasteiger partial charge is 0.358 e. The van der Waals surface area contributed by atoms with E-state index >= 15 is 0 Å². The Balaban J connectivity index is 0.00000216. The number of allylic oxidation sites excluding steroid dienone is 5. The highest BCUT2D eigenvalue weighted by Crippen LogP contribution is 2.29. The predicted octanol–water partition coefficient (Wildman–Crippen LogP) is 7.73. The summed E-state index contributed by atoms with van der Waals surface area (Å²) < 4.78 is 0. The maximum atomic E-state index is 4.89. The third-order valence-corrected chi connectivity index (χ3v) is 7.79. The van der Waals surface area contributed by atoms with Crippen LogP contribution in [0.4, 0.5) is 5.69 Å². The third kappa shape index (κ3) is 7.98. The molecule has 0 aromatic carbocycles. The number of hydrogen-bond donors (Lipinski definition) is 3. The van der Waals surface area contributed by atoms with Gasteiger partial charge in [0.2, 0.25) is 0 Å². The van der Waals surface area contributed by atoms with Crippen molar-refractivity contribution in [2.75, 3.05) is 5.32 Å². The first kappa shape index (κ1) is 32.1. The Kier molecular flexibility index (Phi) is 11.4. The summed E-state index contributed by atoms with van der Waals surface area (Å²) in [7, 11) is 0. The fourth-order valence-corrected chi connectivity index (χ4v) is 5.52. The minimum Gasteiger partial charge on any atom is -0.358 e. The molecule has 4 aromatic rings. The average Bonchev–Trinajstić information content (AvgIpc) is 3.61. The molecule has 7 heteroatoms. The van der Waals surface area contributed by atoms with Gasteiger partial charge in [0.25, 0.3) is 0 Å². The molecule has 0 saturated heterocycles. The van der Waals surface area contributed by atoms with Gasteiger partial charge in [-0.3, -0.25) is 15.1 Å². The van der Waals surface area contributed by atoms with Gasteiger partial charge in [-0.25, -0.2) is 4.98 Å². The van der Waals surface area contributed by atoms with Crippen molar-refractivity contribution in [1.82, 2.24) is 30.1 Å². The van der Waals surface area contributed by atoms with Gasteiger partial charge in [0.1, 0.15) is 5.69 Å². The zero-order chi connectivity index (χ0) is 31.5. The minimum absolute atomic E-state index is 0.652. The van der Waals surface area contributed by atoms with E-state index in [0.717, 1.165) is 68.0 Å². The molecule has 0 spiro atoms. The number of nitrogens with zero attached hydrogens (tertiary/aromatic N) is 4. The van der Waals surface area contributed by atoms with Crippen LogP contribution in [0.3, 0.4) is 0 Å². The molecule has 228 valence electrons. The van der Waals surface area contributed by atoms with Gasteiger partial charge in [0.05, 0.1) is 22.9 Å². The van der Waals surface area contributed by atoms with Crippen molar-refractivity contribution < 1.29 is 0 Å². The van der Waals surface area contributed by atoms with Gasteiger partial charge < -0.3 is 10.3 Å². The SMILES string of the molecule is C=C/C=C(/c1cccnc1)c1nc(-c2n[nH]/c(=C/C=C(\C)c3cncc(NC(=C)CC4CCCCC4)c3)c2=C)[nH]c1C.CC. The van der Waals surface area contributed by atoms with E-state index in [9.17, 15) is 0 Å². The van der Waals surface area contributed by atoms with Crippen LogP contribution >= 0.6 is 0 Å². The summed E-state index contributed by atoms with van der Waals surface area (Å²) in [5.74, 6) is 1.39. The number of H-pyrrole nitrogens is 2. The van der Waals surface area contributed by atoms with Crippen LogP contribution in [0, 0.1) is 12.8 Å². The van der Waals surface area contributed by atoms with Crippen molar-refractivity contribution in [2.45, 2.75) is 66.2 Å². The smallest absolute Gasteiger partial charge is 0.159 e. The lowest BCUT2D eigenvalue weighted by molar-refractivity contribution is 0.357. The van der Waals surface area contributed by atoms with E-state index in [2.05, 4.69) is 69.3 Å². The van der Waals surface area contributed by atoms with Gasteiger partial charge >= 0.3 is 0 Å². The Bertz CT molecular complexity index is 1730. The molecule has 0 amide bonds. The van der Waals surface area contributed by atoms with Crippen LogP contribution in [0.1, 0.15) is 81.8 Å². The molecule has 0 radical (unpaired) electrons. The number of pyridine rings is 2. The molecule has 4 heterocycles. The van der Waals surface area contributed by atoms with Crippen molar-refractivity contribution in [3.63, 3.8) is 0 Å². The minimum atomic E-state index is 0.652. The molecular weight excluding hydrogens is 542 g/mol. The summed E-state index contributed by atoms with van der Waals surface area (Å²) in [6.07, 6.45) is 22.7. The van der Waals surface area contributed by atoms with Crippen molar-refractivity contribution in [3.8, 4) is 11.5 Å². The van der Waals surface area contributed by atoms with Crippen LogP contribution in [0.15, 0.2) is 80.1 Å². The first-order valence-corrected chi connectivity index (χ1v) is 15.6. The third-order valence-electron chi connectivity index (χ3n) is 7.79. The molecule has 0 unspecified atom stereocenters. The summed E-state index contributed by atoms with van der Waals surface area (Å²) in [5, 5.41) is 12.7. The second-order valence-electron chi connectivity index (χ2n) is 11.0. The summed E-state index contributed by atoms with van der Waals surface area (Å²) in [6, 6.07) is 6.03. The molecule has 1 fully saturated rings. The van der Waals surface area contributed by atoms with Crippen molar-refractivity contribution in [2.24, 2.45) is 5.92 Å². The lowest BCUT2D eigenvalue weighted by Gasteiger charge is -2.22. The second kappa shape index (κ2) is 15.6. The Morgan fingerprint density at radius 1 is 1.07 bits per heavy atom. The Morgan fingerprint density at radius 3 is 2.57 bits per heavy atom. The number of aryl methyl sites for hydroxylation is 1. The van der Waals surface area contributed by atoms with E-state index < -0.39 is 0 Å². The maximum Gasteiger partial charge on any atom is 0.159 e. The molecule has 7 nitrogen and oxygen atoms in total. The molecule has 0 aliphatic heterocycles. The molecule has 1 aliphatic carbocycles. The van der Waals surface area contributed by atoms with Gasteiger partial charge in [0.15, 0.2) is 5.82 Å². The van der Waals surface area contributed by atoms with Crippen LogP contribution in [0.25, 0.3) is 35.3 Å².